The van der Waals surface area contributed by atoms with E-state index in [-0.39, 0.29) is 24.5 Å². The maximum absolute atomic E-state index is 11.5. The van der Waals surface area contributed by atoms with Crippen LogP contribution in [0.2, 0.25) is 0 Å². The van der Waals surface area contributed by atoms with Crippen molar-refractivity contribution in [3.8, 4) is 6.01 Å². The first-order chi connectivity index (χ1) is 8.74. The van der Waals surface area contributed by atoms with Gasteiger partial charge in [0, 0.05) is 24.3 Å². The van der Waals surface area contributed by atoms with Crippen LogP contribution in [-0.2, 0) is 4.79 Å². The molecule has 7 nitrogen and oxygen atoms in total. The number of ether oxygens (including phenoxy) is 1. The van der Waals surface area contributed by atoms with Crippen molar-refractivity contribution in [2.24, 2.45) is 0 Å². The molecule has 7 heteroatoms. The molecule has 0 atom stereocenters. The summed E-state index contributed by atoms with van der Waals surface area (Å²) in [5.41, 5.74) is 0.771. The third-order valence-corrected chi connectivity index (χ3v) is 1.92. The summed E-state index contributed by atoms with van der Waals surface area (Å²) in [6.07, 6.45) is 4.63. The lowest BCUT2D eigenvalue weighted by molar-refractivity contribution is -0.118. The predicted octanol–water partition coefficient (Wildman–Crippen LogP) is 0.593. The molecule has 2 aromatic heterocycles. The van der Waals surface area contributed by atoms with Crippen LogP contribution in [0.15, 0.2) is 30.7 Å². The molecule has 0 radical (unpaired) electrons. The van der Waals surface area contributed by atoms with Gasteiger partial charge in [0.15, 0.2) is 6.61 Å². The second kappa shape index (κ2) is 5.67. The molecule has 0 saturated carbocycles. The Hall–Kier alpha value is -2.57. The number of carbonyl (C=O) groups excluding carboxylic acids is 1. The summed E-state index contributed by atoms with van der Waals surface area (Å²) >= 11 is 0. The lowest BCUT2D eigenvalue weighted by Gasteiger charge is -2.04. The summed E-state index contributed by atoms with van der Waals surface area (Å²) in [4.78, 5) is 27.1. The summed E-state index contributed by atoms with van der Waals surface area (Å²) in [5, 5.41) is 2.51. The van der Waals surface area contributed by atoms with Gasteiger partial charge in [0.05, 0.1) is 0 Å². The first-order valence-corrected chi connectivity index (χ1v) is 5.23. The normalized spacial score (nSPS) is 9.83. The number of nitrogens with zero attached hydrogens (tertiary/aromatic N) is 4. The van der Waals surface area contributed by atoms with Gasteiger partial charge in [-0.3, -0.25) is 10.1 Å². The van der Waals surface area contributed by atoms with Gasteiger partial charge in [0.2, 0.25) is 5.95 Å². The van der Waals surface area contributed by atoms with Gasteiger partial charge >= 0.3 is 6.01 Å². The molecule has 2 aromatic rings. The Bertz CT molecular complexity index is 532. The average Bonchev–Trinajstić information content (AvgIpc) is 2.38. The Labute approximate surface area is 103 Å². The van der Waals surface area contributed by atoms with Crippen molar-refractivity contribution in [1.82, 2.24) is 19.9 Å². The van der Waals surface area contributed by atoms with Crippen molar-refractivity contribution in [2.45, 2.75) is 6.92 Å². The molecule has 0 aliphatic rings. The summed E-state index contributed by atoms with van der Waals surface area (Å²) in [7, 11) is 0. The van der Waals surface area contributed by atoms with Gasteiger partial charge in [-0.05, 0) is 19.1 Å². The van der Waals surface area contributed by atoms with Crippen LogP contribution in [0, 0.1) is 6.92 Å². The van der Waals surface area contributed by atoms with Crippen molar-refractivity contribution in [1.29, 1.82) is 0 Å². The number of anilines is 1. The quantitative estimate of drug-likeness (QED) is 0.848. The Morgan fingerprint density at radius 2 is 2.06 bits per heavy atom. The fourth-order valence-corrected chi connectivity index (χ4v) is 1.16. The first-order valence-electron chi connectivity index (χ1n) is 5.23. The van der Waals surface area contributed by atoms with E-state index in [1.165, 1.54) is 12.4 Å². The average molecular weight is 245 g/mol. The van der Waals surface area contributed by atoms with E-state index in [0.717, 1.165) is 5.69 Å². The largest absolute Gasteiger partial charge is 0.453 e. The third kappa shape index (κ3) is 3.48. The molecule has 0 bridgehead atoms. The Morgan fingerprint density at radius 3 is 2.78 bits per heavy atom. The van der Waals surface area contributed by atoms with Crippen LogP contribution in [0.3, 0.4) is 0 Å². The minimum atomic E-state index is -0.368. The van der Waals surface area contributed by atoms with E-state index >= 15 is 0 Å². The molecular formula is C11H11N5O2. The smallest absolute Gasteiger partial charge is 0.316 e. The van der Waals surface area contributed by atoms with Gasteiger partial charge in [0.25, 0.3) is 5.91 Å². The summed E-state index contributed by atoms with van der Waals surface area (Å²) in [5.74, 6) is -0.120. The SMILES string of the molecule is Cc1ccnc(NC(=O)COc2ncccn2)n1. The lowest BCUT2D eigenvalue weighted by Crippen LogP contribution is -2.22. The second-order valence-corrected chi connectivity index (χ2v) is 3.39. The molecule has 1 amide bonds. The molecule has 0 fully saturated rings. The first kappa shape index (κ1) is 11.9. The van der Waals surface area contributed by atoms with Gasteiger partial charge < -0.3 is 4.74 Å². The minimum Gasteiger partial charge on any atom is -0.453 e. The number of rotatable bonds is 4. The van der Waals surface area contributed by atoms with Gasteiger partial charge in [0.1, 0.15) is 0 Å². The number of aryl methyl sites for hydroxylation is 1. The number of nitrogens with one attached hydrogen (secondary N) is 1. The van der Waals surface area contributed by atoms with Gasteiger partial charge in [-0.15, -0.1) is 0 Å². The van der Waals surface area contributed by atoms with Crippen LogP contribution in [0.4, 0.5) is 5.95 Å². The zero-order valence-corrected chi connectivity index (χ0v) is 9.70. The highest BCUT2D eigenvalue weighted by Crippen LogP contribution is 2.00. The zero-order valence-electron chi connectivity index (χ0n) is 9.70. The maximum Gasteiger partial charge on any atom is 0.316 e. The third-order valence-electron chi connectivity index (χ3n) is 1.92. The standard InChI is InChI=1S/C11H11N5O2/c1-8-3-6-12-10(15-8)16-9(17)7-18-11-13-4-2-5-14-11/h2-6H,7H2,1H3,(H,12,15,16,17). The summed E-state index contributed by atoms with van der Waals surface area (Å²) < 4.78 is 5.08. The highest BCUT2D eigenvalue weighted by Gasteiger charge is 2.06. The molecule has 0 aromatic carbocycles. The molecule has 0 spiro atoms. The van der Waals surface area contributed by atoms with E-state index in [2.05, 4.69) is 25.3 Å². The molecule has 0 unspecified atom stereocenters. The van der Waals surface area contributed by atoms with E-state index < -0.39 is 0 Å². The topological polar surface area (TPSA) is 89.9 Å². The van der Waals surface area contributed by atoms with Crippen molar-refractivity contribution < 1.29 is 9.53 Å². The van der Waals surface area contributed by atoms with Crippen molar-refractivity contribution in [2.75, 3.05) is 11.9 Å². The lowest BCUT2D eigenvalue weighted by atomic mass is 10.5. The fraction of sp³-hybridized carbons (Fsp3) is 0.182. The van der Waals surface area contributed by atoms with Crippen molar-refractivity contribution in [3.63, 3.8) is 0 Å². The highest BCUT2D eigenvalue weighted by molar-refractivity contribution is 5.90. The minimum absolute atomic E-state index is 0.151. The van der Waals surface area contributed by atoms with Crippen LogP contribution in [0.5, 0.6) is 6.01 Å². The van der Waals surface area contributed by atoms with Crippen LogP contribution in [-0.4, -0.2) is 32.4 Å². The summed E-state index contributed by atoms with van der Waals surface area (Å²) in [6, 6.07) is 3.55. The van der Waals surface area contributed by atoms with E-state index in [4.69, 9.17) is 4.74 Å². The predicted molar refractivity (Wildman–Crippen MR) is 62.9 cm³/mol. The molecule has 0 aliphatic heterocycles. The number of hydrogen-bond donors (Lipinski definition) is 1. The van der Waals surface area contributed by atoms with Crippen molar-refractivity contribution >= 4 is 11.9 Å². The molecule has 1 N–H and O–H groups in total. The maximum atomic E-state index is 11.5. The van der Waals surface area contributed by atoms with Crippen LogP contribution < -0.4 is 10.1 Å². The van der Waals surface area contributed by atoms with Gasteiger partial charge in [-0.25, -0.2) is 19.9 Å². The Morgan fingerprint density at radius 1 is 1.28 bits per heavy atom. The van der Waals surface area contributed by atoms with E-state index in [1.54, 1.807) is 18.3 Å². The van der Waals surface area contributed by atoms with Crippen LogP contribution in [0.1, 0.15) is 5.69 Å². The van der Waals surface area contributed by atoms with Crippen molar-refractivity contribution in [3.05, 3.63) is 36.4 Å². The highest BCUT2D eigenvalue weighted by atomic mass is 16.5. The van der Waals surface area contributed by atoms with Crippen LogP contribution >= 0.6 is 0 Å². The molecule has 0 aliphatic carbocycles. The number of aromatic nitrogens is 4. The van der Waals surface area contributed by atoms with E-state index in [0.29, 0.717) is 0 Å². The molecule has 92 valence electrons. The number of amides is 1. The number of carbonyl (C=O) groups is 1. The van der Waals surface area contributed by atoms with E-state index in [9.17, 15) is 4.79 Å². The molecule has 0 saturated heterocycles. The molecule has 2 rings (SSSR count). The Kier molecular flexibility index (Phi) is 3.75. The van der Waals surface area contributed by atoms with Gasteiger partial charge in [-0.1, -0.05) is 0 Å². The van der Waals surface area contributed by atoms with Crippen LogP contribution in [0.25, 0.3) is 0 Å². The zero-order chi connectivity index (χ0) is 12.8. The monoisotopic (exact) mass is 245 g/mol. The van der Waals surface area contributed by atoms with Gasteiger partial charge in [-0.2, -0.15) is 0 Å². The fourth-order valence-electron chi connectivity index (χ4n) is 1.16. The molecule has 2 heterocycles. The molecular weight excluding hydrogens is 234 g/mol. The second-order valence-electron chi connectivity index (χ2n) is 3.39. The number of hydrogen-bond acceptors (Lipinski definition) is 6. The Balaban J connectivity index is 1.86. The molecule has 18 heavy (non-hydrogen) atoms. The summed E-state index contributed by atoms with van der Waals surface area (Å²) in [6.45, 7) is 1.62. The van der Waals surface area contributed by atoms with E-state index in [1.807, 2.05) is 6.92 Å².